The van der Waals surface area contributed by atoms with Crippen LogP contribution in [-0.4, -0.2) is 35.2 Å². The van der Waals surface area contributed by atoms with E-state index in [9.17, 15) is 4.79 Å². The first-order chi connectivity index (χ1) is 14.1. The van der Waals surface area contributed by atoms with E-state index in [2.05, 4.69) is 26.5 Å². The molecule has 0 atom stereocenters. The molecule has 0 saturated carbocycles. The number of hydrogen-bond acceptors (Lipinski definition) is 4. The highest BCUT2D eigenvalue weighted by atomic mass is 35.5. The first kappa shape index (κ1) is 19.0. The molecule has 146 valence electrons. The average molecular weight is 406 g/mol. The molecular weight excluding hydrogens is 386 g/mol. The molecule has 0 aliphatic carbocycles. The van der Waals surface area contributed by atoms with Gasteiger partial charge in [0.15, 0.2) is 5.82 Å². The Morgan fingerprint density at radius 3 is 2.66 bits per heavy atom. The number of anilines is 1. The Labute approximate surface area is 174 Å². The Morgan fingerprint density at radius 1 is 1.17 bits per heavy atom. The number of piperidine rings is 1. The second-order valence-electron chi connectivity index (χ2n) is 7.07. The summed E-state index contributed by atoms with van der Waals surface area (Å²) < 4.78 is 0. The van der Waals surface area contributed by atoms with Crippen LogP contribution in [0.4, 0.5) is 5.82 Å². The summed E-state index contributed by atoms with van der Waals surface area (Å²) in [7, 11) is 0. The predicted octanol–water partition coefficient (Wildman–Crippen LogP) is 4.00. The van der Waals surface area contributed by atoms with E-state index in [0.717, 1.165) is 43.0 Å². The lowest BCUT2D eigenvalue weighted by molar-refractivity contribution is 0.0931. The molecule has 2 aromatic carbocycles. The Kier molecular flexibility index (Phi) is 5.50. The summed E-state index contributed by atoms with van der Waals surface area (Å²) in [5.74, 6) is 0.770. The number of amides is 1. The predicted molar refractivity (Wildman–Crippen MR) is 113 cm³/mol. The number of aromatic amines is 1. The van der Waals surface area contributed by atoms with Crippen LogP contribution in [0, 0.1) is 11.3 Å². The lowest BCUT2D eigenvalue weighted by atomic mass is 10.0. The Hall–Kier alpha value is -3.30. The van der Waals surface area contributed by atoms with Gasteiger partial charge in [-0.25, -0.2) is 0 Å². The van der Waals surface area contributed by atoms with Gasteiger partial charge in [0, 0.05) is 35.8 Å². The van der Waals surface area contributed by atoms with Crippen molar-refractivity contribution in [3.63, 3.8) is 0 Å². The van der Waals surface area contributed by atoms with Crippen LogP contribution in [0.2, 0.25) is 5.02 Å². The van der Waals surface area contributed by atoms with Crippen LogP contribution in [0.5, 0.6) is 0 Å². The van der Waals surface area contributed by atoms with Crippen molar-refractivity contribution in [2.75, 3.05) is 18.0 Å². The summed E-state index contributed by atoms with van der Waals surface area (Å²) in [4.78, 5) is 14.7. The van der Waals surface area contributed by atoms with Gasteiger partial charge in [-0.1, -0.05) is 29.8 Å². The number of nitrogens with zero attached hydrogens (tertiary/aromatic N) is 3. The number of aromatic nitrogens is 2. The van der Waals surface area contributed by atoms with Crippen LogP contribution in [0.25, 0.3) is 11.3 Å². The zero-order valence-electron chi connectivity index (χ0n) is 15.7. The zero-order chi connectivity index (χ0) is 20.2. The minimum absolute atomic E-state index is 0.110. The van der Waals surface area contributed by atoms with Crippen molar-refractivity contribution in [3.8, 4) is 17.3 Å². The van der Waals surface area contributed by atoms with Crippen molar-refractivity contribution in [3.05, 3.63) is 70.7 Å². The first-order valence-corrected chi connectivity index (χ1v) is 9.87. The van der Waals surface area contributed by atoms with Gasteiger partial charge in [0.2, 0.25) is 0 Å². The molecule has 2 N–H and O–H groups in total. The fraction of sp³-hybridized carbons (Fsp3) is 0.227. The third kappa shape index (κ3) is 4.41. The third-order valence-corrected chi connectivity index (χ3v) is 5.38. The molecule has 0 spiro atoms. The number of H-pyrrole nitrogens is 1. The molecule has 7 heteroatoms. The highest BCUT2D eigenvalue weighted by molar-refractivity contribution is 6.30. The monoisotopic (exact) mass is 405 g/mol. The van der Waals surface area contributed by atoms with E-state index in [-0.39, 0.29) is 11.9 Å². The molecule has 0 bridgehead atoms. The normalized spacial score (nSPS) is 14.4. The number of nitriles is 1. The maximum Gasteiger partial charge on any atom is 0.251 e. The largest absolute Gasteiger partial charge is 0.355 e. The van der Waals surface area contributed by atoms with Crippen molar-refractivity contribution in [1.82, 2.24) is 15.5 Å². The molecule has 4 rings (SSSR count). The molecule has 29 heavy (non-hydrogen) atoms. The minimum Gasteiger partial charge on any atom is -0.355 e. The second kappa shape index (κ2) is 8.38. The average Bonchev–Trinajstić information content (AvgIpc) is 3.25. The Bertz CT molecular complexity index is 1050. The molecule has 2 heterocycles. The van der Waals surface area contributed by atoms with Crippen LogP contribution in [0.15, 0.2) is 54.6 Å². The standard InChI is InChI=1S/C22H20ClN5O/c23-18-6-4-16(5-7-18)20-13-21(27-26-20)28-10-8-19(9-11-28)25-22(29)17-3-1-2-15(12-17)14-24/h1-7,12-13,19H,8-11H2,(H,25,29)(H,26,27). The maximum atomic E-state index is 12.5. The molecule has 3 aromatic rings. The van der Waals surface area contributed by atoms with Crippen LogP contribution < -0.4 is 10.2 Å². The number of carbonyl (C=O) groups is 1. The molecule has 0 radical (unpaired) electrons. The Balaban J connectivity index is 1.34. The van der Waals surface area contributed by atoms with Gasteiger partial charge in [0.1, 0.15) is 0 Å². The number of hydrogen-bond donors (Lipinski definition) is 2. The molecule has 1 aliphatic rings. The first-order valence-electron chi connectivity index (χ1n) is 9.50. The second-order valence-corrected chi connectivity index (χ2v) is 7.51. The van der Waals surface area contributed by atoms with Crippen molar-refractivity contribution >= 4 is 23.3 Å². The van der Waals surface area contributed by atoms with Crippen molar-refractivity contribution in [1.29, 1.82) is 5.26 Å². The number of nitrogens with one attached hydrogen (secondary N) is 2. The summed E-state index contributed by atoms with van der Waals surface area (Å²) in [6, 6.07) is 18.6. The van der Waals surface area contributed by atoms with Crippen molar-refractivity contribution in [2.24, 2.45) is 0 Å². The van der Waals surface area contributed by atoms with E-state index in [1.54, 1.807) is 24.3 Å². The molecule has 1 amide bonds. The van der Waals surface area contributed by atoms with Crippen LogP contribution in [-0.2, 0) is 0 Å². The minimum atomic E-state index is -0.134. The van der Waals surface area contributed by atoms with E-state index in [4.69, 9.17) is 16.9 Å². The summed E-state index contributed by atoms with van der Waals surface area (Å²) in [6.07, 6.45) is 1.68. The topological polar surface area (TPSA) is 84.8 Å². The van der Waals surface area contributed by atoms with Gasteiger partial charge in [-0.2, -0.15) is 10.4 Å². The van der Waals surface area contributed by atoms with Gasteiger partial charge >= 0.3 is 0 Å². The summed E-state index contributed by atoms with van der Waals surface area (Å²) in [5.41, 5.74) is 2.99. The van der Waals surface area contributed by atoms with Gasteiger partial charge in [0.25, 0.3) is 5.91 Å². The van der Waals surface area contributed by atoms with E-state index in [0.29, 0.717) is 16.1 Å². The van der Waals surface area contributed by atoms with Gasteiger partial charge in [-0.3, -0.25) is 9.89 Å². The lowest BCUT2D eigenvalue weighted by Gasteiger charge is -2.32. The molecule has 0 unspecified atom stereocenters. The number of rotatable bonds is 4. The SMILES string of the molecule is N#Cc1cccc(C(=O)NC2CCN(c3cc(-c4ccc(Cl)cc4)[nH]n3)CC2)c1. The molecule has 1 saturated heterocycles. The van der Waals surface area contributed by atoms with Crippen LogP contribution >= 0.6 is 11.6 Å². The molecule has 6 nitrogen and oxygen atoms in total. The quantitative estimate of drug-likeness (QED) is 0.687. The number of halogens is 1. The molecule has 1 aliphatic heterocycles. The highest BCUT2D eigenvalue weighted by Crippen LogP contribution is 2.25. The van der Waals surface area contributed by atoms with Gasteiger partial charge < -0.3 is 10.2 Å². The highest BCUT2D eigenvalue weighted by Gasteiger charge is 2.23. The van der Waals surface area contributed by atoms with Gasteiger partial charge in [-0.05, 0) is 48.7 Å². The summed E-state index contributed by atoms with van der Waals surface area (Å²) in [5, 5.41) is 20.3. The number of benzene rings is 2. The fourth-order valence-corrected chi connectivity index (χ4v) is 3.63. The van der Waals surface area contributed by atoms with E-state index in [1.807, 2.05) is 30.3 Å². The van der Waals surface area contributed by atoms with E-state index >= 15 is 0 Å². The lowest BCUT2D eigenvalue weighted by Crippen LogP contribution is -2.44. The van der Waals surface area contributed by atoms with Gasteiger partial charge in [0.05, 0.1) is 17.3 Å². The van der Waals surface area contributed by atoms with Crippen molar-refractivity contribution < 1.29 is 4.79 Å². The van der Waals surface area contributed by atoms with Crippen molar-refractivity contribution in [2.45, 2.75) is 18.9 Å². The molecule has 1 fully saturated rings. The van der Waals surface area contributed by atoms with Crippen LogP contribution in [0.1, 0.15) is 28.8 Å². The molecular formula is C22H20ClN5O. The zero-order valence-corrected chi connectivity index (χ0v) is 16.5. The number of carbonyl (C=O) groups excluding carboxylic acids is 1. The Morgan fingerprint density at radius 2 is 1.93 bits per heavy atom. The van der Waals surface area contributed by atoms with Gasteiger partial charge in [-0.15, -0.1) is 0 Å². The third-order valence-electron chi connectivity index (χ3n) is 5.13. The smallest absolute Gasteiger partial charge is 0.251 e. The summed E-state index contributed by atoms with van der Waals surface area (Å²) >= 11 is 5.95. The summed E-state index contributed by atoms with van der Waals surface area (Å²) in [6.45, 7) is 1.63. The maximum absolute atomic E-state index is 12.5. The van der Waals surface area contributed by atoms with E-state index in [1.165, 1.54) is 0 Å². The molecule has 1 aromatic heterocycles. The fourth-order valence-electron chi connectivity index (χ4n) is 3.50. The van der Waals surface area contributed by atoms with E-state index < -0.39 is 0 Å². The van der Waals surface area contributed by atoms with Crippen LogP contribution in [0.3, 0.4) is 0 Å².